The van der Waals surface area contributed by atoms with Gasteiger partial charge in [-0.25, -0.2) is 0 Å². The van der Waals surface area contributed by atoms with E-state index >= 15 is 0 Å². The topological polar surface area (TPSA) is 47.0 Å². The second kappa shape index (κ2) is 6.53. The lowest BCUT2D eigenvalue weighted by Gasteiger charge is -2.13. The van der Waals surface area contributed by atoms with Crippen molar-refractivity contribution in [1.82, 2.24) is 9.97 Å². The molecular formula is C11H18ClN3O. The van der Waals surface area contributed by atoms with Crippen LogP contribution in [0, 0.1) is 5.92 Å². The first-order valence-electron chi connectivity index (χ1n) is 5.35. The van der Waals surface area contributed by atoms with E-state index < -0.39 is 0 Å². The fourth-order valence-corrected chi connectivity index (χ4v) is 1.78. The number of anilines is 1. The van der Waals surface area contributed by atoms with Gasteiger partial charge in [-0.3, -0.25) is 4.98 Å². The molecule has 1 aromatic rings. The molecule has 1 aromatic heterocycles. The number of methoxy groups -OCH3 is 1. The van der Waals surface area contributed by atoms with Gasteiger partial charge < -0.3 is 10.1 Å². The van der Waals surface area contributed by atoms with E-state index in [-0.39, 0.29) is 5.38 Å². The third-order valence-corrected chi connectivity index (χ3v) is 2.39. The molecule has 4 nitrogen and oxygen atoms in total. The quantitative estimate of drug-likeness (QED) is 0.780. The molecule has 0 aliphatic heterocycles. The normalized spacial score (nSPS) is 12.6. The van der Waals surface area contributed by atoms with Crippen molar-refractivity contribution in [2.24, 2.45) is 5.92 Å². The highest BCUT2D eigenvalue weighted by Crippen LogP contribution is 2.13. The summed E-state index contributed by atoms with van der Waals surface area (Å²) in [6.07, 6.45) is 4.20. The first kappa shape index (κ1) is 13.0. The van der Waals surface area contributed by atoms with Gasteiger partial charge in [-0.15, -0.1) is 11.6 Å². The Bertz CT molecular complexity index is 320. The SMILES string of the molecule is COc1cncc(NCC(Cl)CC(C)C)n1. The molecule has 0 radical (unpaired) electrons. The number of aromatic nitrogens is 2. The van der Waals surface area contributed by atoms with Crippen LogP contribution in [0.4, 0.5) is 5.82 Å². The predicted octanol–water partition coefficient (Wildman–Crippen LogP) is 2.55. The molecule has 1 unspecified atom stereocenters. The summed E-state index contributed by atoms with van der Waals surface area (Å²) in [7, 11) is 1.57. The van der Waals surface area contributed by atoms with Gasteiger partial charge in [-0.2, -0.15) is 4.98 Å². The van der Waals surface area contributed by atoms with Gasteiger partial charge in [0.15, 0.2) is 0 Å². The molecule has 0 bridgehead atoms. The standard InChI is InChI=1S/C11H18ClN3O/c1-8(2)4-9(12)5-14-10-6-13-7-11(15-10)16-3/h6-9H,4-5H2,1-3H3,(H,14,15). The summed E-state index contributed by atoms with van der Waals surface area (Å²) in [6, 6.07) is 0. The van der Waals surface area contributed by atoms with Gasteiger partial charge in [0.25, 0.3) is 0 Å². The van der Waals surface area contributed by atoms with Gasteiger partial charge in [0.2, 0.25) is 5.88 Å². The molecule has 90 valence electrons. The van der Waals surface area contributed by atoms with Crippen LogP contribution in [0.25, 0.3) is 0 Å². The van der Waals surface area contributed by atoms with Crippen molar-refractivity contribution in [3.05, 3.63) is 12.4 Å². The zero-order valence-corrected chi connectivity index (χ0v) is 10.7. The molecule has 1 heterocycles. The number of hydrogen-bond donors (Lipinski definition) is 1. The van der Waals surface area contributed by atoms with Gasteiger partial charge >= 0.3 is 0 Å². The van der Waals surface area contributed by atoms with Gasteiger partial charge in [-0.1, -0.05) is 13.8 Å². The Hall–Kier alpha value is -1.03. The molecule has 0 aliphatic carbocycles. The summed E-state index contributed by atoms with van der Waals surface area (Å²) < 4.78 is 4.98. The van der Waals surface area contributed by atoms with Crippen LogP contribution in [0.2, 0.25) is 0 Å². The van der Waals surface area contributed by atoms with E-state index in [2.05, 4.69) is 29.1 Å². The van der Waals surface area contributed by atoms with E-state index in [0.717, 1.165) is 6.42 Å². The van der Waals surface area contributed by atoms with Crippen LogP contribution in [0.1, 0.15) is 20.3 Å². The zero-order valence-electron chi connectivity index (χ0n) is 9.90. The number of ether oxygens (including phenoxy) is 1. The summed E-state index contributed by atoms with van der Waals surface area (Å²) in [5.41, 5.74) is 0. The van der Waals surface area contributed by atoms with E-state index in [1.165, 1.54) is 0 Å². The summed E-state index contributed by atoms with van der Waals surface area (Å²) in [4.78, 5) is 8.19. The molecule has 0 fully saturated rings. The minimum absolute atomic E-state index is 0.105. The molecule has 1 N–H and O–H groups in total. The van der Waals surface area contributed by atoms with Crippen molar-refractivity contribution in [1.29, 1.82) is 0 Å². The summed E-state index contributed by atoms with van der Waals surface area (Å²) in [5, 5.41) is 3.24. The van der Waals surface area contributed by atoms with Crippen molar-refractivity contribution in [3.8, 4) is 5.88 Å². The highest BCUT2D eigenvalue weighted by atomic mass is 35.5. The number of alkyl halides is 1. The highest BCUT2D eigenvalue weighted by molar-refractivity contribution is 6.20. The average Bonchev–Trinajstić information content (AvgIpc) is 2.26. The van der Waals surface area contributed by atoms with E-state index in [1.807, 2.05) is 0 Å². The van der Waals surface area contributed by atoms with Crippen LogP contribution in [-0.2, 0) is 0 Å². The van der Waals surface area contributed by atoms with E-state index in [0.29, 0.717) is 24.2 Å². The molecule has 0 amide bonds. The number of hydrogen-bond acceptors (Lipinski definition) is 4. The van der Waals surface area contributed by atoms with Crippen LogP contribution < -0.4 is 10.1 Å². The summed E-state index contributed by atoms with van der Waals surface area (Å²) >= 11 is 6.16. The minimum Gasteiger partial charge on any atom is -0.480 e. The lowest BCUT2D eigenvalue weighted by atomic mass is 10.1. The lowest BCUT2D eigenvalue weighted by molar-refractivity contribution is 0.396. The molecule has 5 heteroatoms. The van der Waals surface area contributed by atoms with Gasteiger partial charge in [0, 0.05) is 6.54 Å². The first-order valence-corrected chi connectivity index (χ1v) is 5.79. The molecule has 0 saturated heterocycles. The van der Waals surface area contributed by atoms with Crippen LogP contribution in [0.3, 0.4) is 0 Å². The third kappa shape index (κ3) is 4.66. The molecule has 1 rings (SSSR count). The highest BCUT2D eigenvalue weighted by Gasteiger charge is 2.07. The molecule has 0 aromatic carbocycles. The Kier molecular flexibility index (Phi) is 5.32. The molecule has 0 aliphatic rings. The molecule has 0 saturated carbocycles. The Morgan fingerprint density at radius 2 is 2.19 bits per heavy atom. The second-order valence-electron chi connectivity index (χ2n) is 4.05. The largest absolute Gasteiger partial charge is 0.480 e. The monoisotopic (exact) mass is 243 g/mol. The smallest absolute Gasteiger partial charge is 0.233 e. The van der Waals surface area contributed by atoms with Gasteiger partial charge in [0.1, 0.15) is 5.82 Å². The van der Waals surface area contributed by atoms with Gasteiger partial charge in [-0.05, 0) is 12.3 Å². The molecular weight excluding hydrogens is 226 g/mol. The van der Waals surface area contributed by atoms with Crippen LogP contribution >= 0.6 is 11.6 Å². The average molecular weight is 244 g/mol. The summed E-state index contributed by atoms with van der Waals surface area (Å²) in [6.45, 7) is 4.99. The maximum Gasteiger partial charge on any atom is 0.233 e. The van der Waals surface area contributed by atoms with Crippen molar-refractivity contribution in [2.45, 2.75) is 25.6 Å². The fourth-order valence-electron chi connectivity index (χ4n) is 1.34. The predicted molar refractivity (Wildman–Crippen MR) is 66.2 cm³/mol. The number of rotatable bonds is 6. The van der Waals surface area contributed by atoms with Crippen molar-refractivity contribution in [3.63, 3.8) is 0 Å². The molecule has 16 heavy (non-hydrogen) atoms. The van der Waals surface area contributed by atoms with Crippen LogP contribution in [0.15, 0.2) is 12.4 Å². The summed E-state index contributed by atoms with van der Waals surface area (Å²) in [5.74, 6) is 1.79. The first-order chi connectivity index (χ1) is 7.61. The van der Waals surface area contributed by atoms with E-state index in [4.69, 9.17) is 16.3 Å². The van der Waals surface area contributed by atoms with Crippen molar-refractivity contribution >= 4 is 17.4 Å². The number of nitrogens with zero attached hydrogens (tertiary/aromatic N) is 2. The Morgan fingerprint density at radius 1 is 1.44 bits per heavy atom. The molecule has 1 atom stereocenters. The Morgan fingerprint density at radius 3 is 2.81 bits per heavy atom. The van der Waals surface area contributed by atoms with E-state index in [1.54, 1.807) is 19.5 Å². The zero-order chi connectivity index (χ0) is 12.0. The Balaban J connectivity index is 2.41. The third-order valence-electron chi connectivity index (χ3n) is 2.05. The van der Waals surface area contributed by atoms with Crippen LogP contribution in [-0.4, -0.2) is 29.0 Å². The second-order valence-corrected chi connectivity index (χ2v) is 4.67. The maximum absolute atomic E-state index is 6.16. The molecule has 0 spiro atoms. The van der Waals surface area contributed by atoms with E-state index in [9.17, 15) is 0 Å². The maximum atomic E-state index is 6.16. The Labute approximate surface area is 101 Å². The van der Waals surface area contributed by atoms with Crippen molar-refractivity contribution in [2.75, 3.05) is 19.0 Å². The van der Waals surface area contributed by atoms with Gasteiger partial charge in [0.05, 0.1) is 24.9 Å². The van der Waals surface area contributed by atoms with Crippen LogP contribution in [0.5, 0.6) is 5.88 Å². The lowest BCUT2D eigenvalue weighted by Crippen LogP contribution is -2.17. The van der Waals surface area contributed by atoms with Crippen molar-refractivity contribution < 1.29 is 4.74 Å². The minimum atomic E-state index is 0.105. The number of halogens is 1. The fraction of sp³-hybridized carbons (Fsp3) is 0.636. The number of nitrogens with one attached hydrogen (secondary N) is 1.